The van der Waals surface area contributed by atoms with Gasteiger partial charge in [0.05, 0.1) is 5.60 Å². The second-order valence-corrected chi connectivity index (χ2v) is 5.33. The van der Waals surface area contributed by atoms with E-state index in [9.17, 15) is 5.11 Å². The molecule has 0 aliphatic carbocycles. The van der Waals surface area contributed by atoms with Gasteiger partial charge in [-0.05, 0) is 31.6 Å². The fraction of sp³-hybridized carbons (Fsp3) is 1.00. The van der Waals surface area contributed by atoms with Crippen LogP contribution >= 0.6 is 0 Å². The van der Waals surface area contributed by atoms with E-state index < -0.39 is 5.60 Å². The summed E-state index contributed by atoms with van der Waals surface area (Å²) < 4.78 is 5.12. The second kappa shape index (κ2) is 4.43. The zero-order valence-corrected chi connectivity index (χ0v) is 9.85. The van der Waals surface area contributed by atoms with Crippen molar-refractivity contribution in [2.24, 2.45) is 11.3 Å². The van der Waals surface area contributed by atoms with E-state index in [0.717, 1.165) is 13.0 Å². The number of methoxy groups -OCH3 is 1. The molecule has 2 heteroatoms. The van der Waals surface area contributed by atoms with Gasteiger partial charge in [0.15, 0.2) is 0 Å². The molecule has 0 heterocycles. The Morgan fingerprint density at radius 1 is 1.23 bits per heavy atom. The van der Waals surface area contributed by atoms with Crippen molar-refractivity contribution >= 4 is 0 Å². The molecule has 0 bridgehead atoms. The fourth-order valence-corrected chi connectivity index (χ4v) is 1.76. The first-order valence-corrected chi connectivity index (χ1v) is 4.90. The van der Waals surface area contributed by atoms with Crippen LogP contribution in [0.25, 0.3) is 0 Å². The lowest BCUT2D eigenvalue weighted by Crippen LogP contribution is -2.34. The molecule has 0 radical (unpaired) electrons. The zero-order valence-electron chi connectivity index (χ0n) is 9.85. The van der Waals surface area contributed by atoms with Crippen LogP contribution in [0.5, 0.6) is 0 Å². The van der Waals surface area contributed by atoms with Crippen molar-refractivity contribution in [3.8, 4) is 0 Å². The largest absolute Gasteiger partial charge is 0.390 e. The Bertz CT molecular complexity index is 145. The van der Waals surface area contributed by atoms with Crippen molar-refractivity contribution in [1.82, 2.24) is 0 Å². The van der Waals surface area contributed by atoms with Crippen LogP contribution < -0.4 is 0 Å². The Balaban J connectivity index is 4.21. The number of ether oxygens (including phenoxy) is 1. The minimum atomic E-state index is -0.592. The monoisotopic (exact) mass is 188 g/mol. The average Bonchev–Trinajstić information content (AvgIpc) is 1.82. The van der Waals surface area contributed by atoms with Crippen LogP contribution in [-0.2, 0) is 4.74 Å². The molecule has 0 saturated carbocycles. The van der Waals surface area contributed by atoms with Gasteiger partial charge in [-0.1, -0.05) is 20.8 Å². The molecule has 1 unspecified atom stereocenters. The Morgan fingerprint density at radius 2 is 1.69 bits per heavy atom. The van der Waals surface area contributed by atoms with E-state index in [4.69, 9.17) is 4.74 Å². The molecule has 0 amide bonds. The molecule has 80 valence electrons. The van der Waals surface area contributed by atoms with Crippen LogP contribution in [0.1, 0.15) is 41.0 Å². The van der Waals surface area contributed by atoms with Gasteiger partial charge in [0.2, 0.25) is 0 Å². The van der Waals surface area contributed by atoms with Gasteiger partial charge in [0, 0.05) is 13.7 Å². The highest BCUT2D eigenvalue weighted by molar-refractivity contribution is 4.82. The predicted molar refractivity (Wildman–Crippen MR) is 55.7 cm³/mol. The summed E-state index contributed by atoms with van der Waals surface area (Å²) in [5.41, 5.74) is -0.472. The zero-order chi connectivity index (χ0) is 10.7. The minimum Gasteiger partial charge on any atom is -0.390 e. The fourth-order valence-electron chi connectivity index (χ4n) is 1.76. The molecule has 0 saturated heterocycles. The van der Waals surface area contributed by atoms with Gasteiger partial charge in [0.25, 0.3) is 0 Å². The van der Waals surface area contributed by atoms with Gasteiger partial charge in [-0.15, -0.1) is 0 Å². The van der Waals surface area contributed by atoms with E-state index in [1.165, 1.54) is 0 Å². The molecule has 0 aliphatic rings. The summed E-state index contributed by atoms with van der Waals surface area (Å²) in [6, 6.07) is 0. The maximum absolute atomic E-state index is 9.73. The lowest BCUT2D eigenvalue weighted by atomic mass is 9.73. The Morgan fingerprint density at radius 3 is 2.00 bits per heavy atom. The van der Waals surface area contributed by atoms with E-state index >= 15 is 0 Å². The van der Waals surface area contributed by atoms with Crippen LogP contribution in [0.2, 0.25) is 0 Å². The third-order valence-corrected chi connectivity index (χ3v) is 2.64. The summed E-state index contributed by atoms with van der Waals surface area (Å²) in [6.45, 7) is 11.0. The number of hydrogen-bond donors (Lipinski definition) is 1. The van der Waals surface area contributed by atoms with Crippen molar-refractivity contribution in [2.75, 3.05) is 13.7 Å². The highest BCUT2D eigenvalue weighted by atomic mass is 16.5. The maximum atomic E-state index is 9.73. The molecule has 0 rings (SSSR count). The normalized spacial score (nSPS) is 15.9. The van der Waals surface area contributed by atoms with E-state index in [-0.39, 0.29) is 5.41 Å². The van der Waals surface area contributed by atoms with Gasteiger partial charge in [-0.25, -0.2) is 0 Å². The predicted octanol–water partition coefficient (Wildman–Crippen LogP) is 2.46. The third kappa shape index (κ3) is 5.27. The van der Waals surface area contributed by atoms with Crippen LogP contribution in [0.4, 0.5) is 0 Å². The molecular weight excluding hydrogens is 164 g/mol. The van der Waals surface area contributed by atoms with Crippen molar-refractivity contribution in [2.45, 2.75) is 46.6 Å². The molecule has 0 aromatic heterocycles. The summed E-state index contributed by atoms with van der Waals surface area (Å²) in [7, 11) is 1.72. The molecule has 0 aromatic rings. The Labute approximate surface area is 82.3 Å². The van der Waals surface area contributed by atoms with Gasteiger partial charge in [-0.3, -0.25) is 0 Å². The minimum absolute atomic E-state index is 0.119. The first-order valence-electron chi connectivity index (χ1n) is 4.90. The molecular formula is C11H24O2. The molecule has 13 heavy (non-hydrogen) atoms. The third-order valence-electron chi connectivity index (χ3n) is 2.64. The second-order valence-electron chi connectivity index (χ2n) is 5.33. The van der Waals surface area contributed by atoms with Crippen molar-refractivity contribution in [1.29, 1.82) is 0 Å². The van der Waals surface area contributed by atoms with Crippen LogP contribution in [0.15, 0.2) is 0 Å². The summed E-state index contributed by atoms with van der Waals surface area (Å²) in [4.78, 5) is 0. The SMILES string of the molecule is COCC(C)C(C)(C)CC(C)(C)O. The molecule has 0 aliphatic heterocycles. The van der Waals surface area contributed by atoms with Gasteiger partial charge >= 0.3 is 0 Å². The highest BCUT2D eigenvalue weighted by Crippen LogP contribution is 2.35. The average molecular weight is 188 g/mol. The van der Waals surface area contributed by atoms with Crippen molar-refractivity contribution < 1.29 is 9.84 Å². The van der Waals surface area contributed by atoms with Crippen LogP contribution in [-0.4, -0.2) is 24.4 Å². The van der Waals surface area contributed by atoms with E-state index in [0.29, 0.717) is 5.92 Å². The van der Waals surface area contributed by atoms with Gasteiger partial charge in [-0.2, -0.15) is 0 Å². The smallest absolute Gasteiger partial charge is 0.0597 e. The van der Waals surface area contributed by atoms with Gasteiger partial charge in [0.1, 0.15) is 0 Å². The standard InChI is InChI=1S/C11H24O2/c1-9(7-13-6)10(2,3)8-11(4,5)12/h9,12H,7-8H2,1-6H3. The summed E-state index contributed by atoms with van der Waals surface area (Å²) in [5, 5.41) is 9.73. The first-order chi connectivity index (χ1) is 5.69. The summed E-state index contributed by atoms with van der Waals surface area (Å²) in [6.07, 6.45) is 0.796. The quantitative estimate of drug-likeness (QED) is 0.718. The van der Waals surface area contributed by atoms with Crippen molar-refractivity contribution in [3.05, 3.63) is 0 Å². The number of rotatable bonds is 5. The van der Waals surface area contributed by atoms with Crippen molar-refractivity contribution in [3.63, 3.8) is 0 Å². The van der Waals surface area contributed by atoms with Crippen LogP contribution in [0, 0.1) is 11.3 Å². The molecule has 1 atom stereocenters. The molecule has 2 nitrogen and oxygen atoms in total. The molecule has 0 spiro atoms. The molecule has 0 fully saturated rings. The highest BCUT2D eigenvalue weighted by Gasteiger charge is 2.31. The van der Waals surface area contributed by atoms with E-state index in [1.54, 1.807) is 7.11 Å². The van der Waals surface area contributed by atoms with Crippen LogP contribution in [0.3, 0.4) is 0 Å². The van der Waals surface area contributed by atoms with Gasteiger partial charge < -0.3 is 9.84 Å². The Hall–Kier alpha value is -0.0800. The maximum Gasteiger partial charge on any atom is 0.0597 e. The summed E-state index contributed by atoms with van der Waals surface area (Å²) >= 11 is 0. The lowest BCUT2D eigenvalue weighted by Gasteiger charge is -2.36. The van der Waals surface area contributed by atoms with E-state index in [1.807, 2.05) is 13.8 Å². The number of aliphatic hydroxyl groups is 1. The lowest BCUT2D eigenvalue weighted by molar-refractivity contribution is -0.00268. The van der Waals surface area contributed by atoms with E-state index in [2.05, 4.69) is 20.8 Å². The first kappa shape index (κ1) is 12.9. The molecule has 1 N–H and O–H groups in total. The Kier molecular flexibility index (Phi) is 4.40. The topological polar surface area (TPSA) is 29.5 Å². The molecule has 0 aromatic carbocycles. The summed E-state index contributed by atoms with van der Waals surface area (Å²) in [5.74, 6) is 0.462. The number of hydrogen-bond acceptors (Lipinski definition) is 2.